The van der Waals surface area contributed by atoms with Gasteiger partial charge in [0, 0.05) is 30.2 Å². The lowest BCUT2D eigenvalue weighted by Crippen LogP contribution is -2.58. The number of nitrogens with two attached hydrogens (primary N) is 1. The van der Waals surface area contributed by atoms with Gasteiger partial charge in [0.05, 0.1) is 13.2 Å². The van der Waals surface area contributed by atoms with E-state index in [9.17, 15) is 4.79 Å². The van der Waals surface area contributed by atoms with Crippen LogP contribution in [0.2, 0.25) is 0 Å². The standard InChI is InChI=1S/C14H17N3O2/c15-7-14(8-19-9-14)13(18)17-6-10-5-16-12-4-2-1-3-11(10)12/h1-5,16H,6-9,15H2,(H,17,18). The summed E-state index contributed by atoms with van der Waals surface area (Å²) >= 11 is 0. The van der Waals surface area contributed by atoms with Crippen molar-refractivity contribution in [2.24, 2.45) is 11.1 Å². The molecule has 100 valence electrons. The Morgan fingerprint density at radius 3 is 2.89 bits per heavy atom. The van der Waals surface area contributed by atoms with E-state index >= 15 is 0 Å². The van der Waals surface area contributed by atoms with Crippen LogP contribution in [0.5, 0.6) is 0 Å². The Kier molecular flexibility index (Phi) is 3.00. The molecule has 0 unspecified atom stereocenters. The van der Waals surface area contributed by atoms with Gasteiger partial charge in [-0.1, -0.05) is 18.2 Å². The molecule has 0 saturated carbocycles. The predicted octanol–water partition coefficient (Wildman–Crippen LogP) is 0.759. The molecule has 1 fully saturated rings. The molecule has 0 spiro atoms. The molecule has 2 heterocycles. The zero-order valence-electron chi connectivity index (χ0n) is 10.6. The first-order chi connectivity index (χ1) is 9.25. The quantitative estimate of drug-likeness (QED) is 0.758. The zero-order valence-corrected chi connectivity index (χ0v) is 10.6. The molecule has 2 aromatic rings. The largest absolute Gasteiger partial charge is 0.379 e. The van der Waals surface area contributed by atoms with Crippen molar-refractivity contribution < 1.29 is 9.53 Å². The van der Waals surface area contributed by atoms with Crippen molar-refractivity contribution in [2.45, 2.75) is 6.54 Å². The molecule has 1 aromatic carbocycles. The number of carbonyl (C=O) groups is 1. The Bertz CT molecular complexity index is 596. The molecule has 0 radical (unpaired) electrons. The van der Waals surface area contributed by atoms with Gasteiger partial charge in [0.25, 0.3) is 0 Å². The number of carbonyl (C=O) groups excluding carboxylic acids is 1. The number of aromatic nitrogens is 1. The maximum Gasteiger partial charge on any atom is 0.232 e. The summed E-state index contributed by atoms with van der Waals surface area (Å²) in [6.45, 7) is 1.67. The number of aromatic amines is 1. The van der Waals surface area contributed by atoms with E-state index in [1.807, 2.05) is 30.5 Å². The average molecular weight is 259 g/mol. The number of hydrogen-bond donors (Lipinski definition) is 3. The third kappa shape index (κ3) is 2.01. The number of ether oxygens (including phenoxy) is 1. The van der Waals surface area contributed by atoms with E-state index in [1.54, 1.807) is 0 Å². The zero-order chi connectivity index (χ0) is 13.3. The Hall–Kier alpha value is -1.85. The van der Waals surface area contributed by atoms with Gasteiger partial charge in [-0.2, -0.15) is 0 Å². The summed E-state index contributed by atoms with van der Waals surface area (Å²) < 4.78 is 5.11. The van der Waals surface area contributed by atoms with Crippen molar-refractivity contribution in [2.75, 3.05) is 19.8 Å². The molecule has 5 nitrogen and oxygen atoms in total. The minimum Gasteiger partial charge on any atom is -0.379 e. The Labute approximate surface area is 111 Å². The molecule has 1 aliphatic rings. The smallest absolute Gasteiger partial charge is 0.232 e. The number of rotatable bonds is 4. The fraction of sp³-hybridized carbons (Fsp3) is 0.357. The van der Waals surface area contributed by atoms with Crippen LogP contribution in [0, 0.1) is 5.41 Å². The van der Waals surface area contributed by atoms with Crippen LogP contribution in [-0.4, -0.2) is 30.6 Å². The van der Waals surface area contributed by atoms with Crippen molar-refractivity contribution >= 4 is 16.8 Å². The van der Waals surface area contributed by atoms with Gasteiger partial charge < -0.3 is 20.8 Å². The lowest BCUT2D eigenvalue weighted by molar-refractivity contribution is -0.159. The Balaban J connectivity index is 1.71. The van der Waals surface area contributed by atoms with Gasteiger partial charge in [-0.25, -0.2) is 0 Å². The highest BCUT2D eigenvalue weighted by Gasteiger charge is 2.44. The second-order valence-corrected chi connectivity index (χ2v) is 5.02. The first-order valence-electron chi connectivity index (χ1n) is 6.36. The first-order valence-corrected chi connectivity index (χ1v) is 6.36. The number of H-pyrrole nitrogens is 1. The predicted molar refractivity (Wildman–Crippen MR) is 72.5 cm³/mol. The highest BCUT2D eigenvalue weighted by atomic mass is 16.5. The molecule has 0 atom stereocenters. The van der Waals surface area contributed by atoms with Crippen LogP contribution in [0.1, 0.15) is 5.56 Å². The van der Waals surface area contributed by atoms with E-state index in [-0.39, 0.29) is 5.91 Å². The van der Waals surface area contributed by atoms with Crippen molar-refractivity contribution in [3.63, 3.8) is 0 Å². The SMILES string of the molecule is NCC1(C(=O)NCc2c[nH]c3ccccc23)COC1. The van der Waals surface area contributed by atoms with Gasteiger partial charge in [0.2, 0.25) is 5.91 Å². The molecule has 3 rings (SSSR count). The average Bonchev–Trinajstić information content (AvgIpc) is 2.79. The van der Waals surface area contributed by atoms with E-state index in [1.165, 1.54) is 0 Å². The van der Waals surface area contributed by atoms with E-state index < -0.39 is 5.41 Å². The maximum absolute atomic E-state index is 12.1. The molecule has 19 heavy (non-hydrogen) atoms. The van der Waals surface area contributed by atoms with E-state index in [0.29, 0.717) is 26.3 Å². The van der Waals surface area contributed by atoms with Crippen molar-refractivity contribution in [1.29, 1.82) is 0 Å². The van der Waals surface area contributed by atoms with Crippen LogP contribution < -0.4 is 11.1 Å². The van der Waals surface area contributed by atoms with Crippen molar-refractivity contribution in [1.82, 2.24) is 10.3 Å². The third-order valence-electron chi connectivity index (χ3n) is 3.74. The second-order valence-electron chi connectivity index (χ2n) is 5.02. The number of para-hydroxylation sites is 1. The molecular weight excluding hydrogens is 242 g/mol. The highest BCUT2D eigenvalue weighted by Crippen LogP contribution is 2.26. The van der Waals surface area contributed by atoms with Crippen LogP contribution >= 0.6 is 0 Å². The van der Waals surface area contributed by atoms with Crippen LogP contribution in [0.25, 0.3) is 10.9 Å². The second kappa shape index (κ2) is 4.68. The molecule has 5 heteroatoms. The lowest BCUT2D eigenvalue weighted by Gasteiger charge is -2.38. The maximum atomic E-state index is 12.1. The molecule has 0 aliphatic carbocycles. The fourth-order valence-electron chi connectivity index (χ4n) is 2.33. The summed E-state index contributed by atoms with van der Waals surface area (Å²) in [5, 5.41) is 4.09. The van der Waals surface area contributed by atoms with Crippen LogP contribution in [0.3, 0.4) is 0 Å². The number of benzene rings is 1. The van der Waals surface area contributed by atoms with Crippen molar-refractivity contribution in [3.8, 4) is 0 Å². The third-order valence-corrected chi connectivity index (χ3v) is 3.74. The minimum atomic E-state index is -0.522. The van der Waals surface area contributed by atoms with Gasteiger partial charge in [-0.3, -0.25) is 4.79 Å². The normalized spacial score (nSPS) is 17.1. The topological polar surface area (TPSA) is 80.1 Å². The van der Waals surface area contributed by atoms with E-state index in [2.05, 4.69) is 10.3 Å². The van der Waals surface area contributed by atoms with E-state index in [0.717, 1.165) is 16.5 Å². The summed E-state index contributed by atoms with van der Waals surface area (Å²) in [6, 6.07) is 8.03. The summed E-state index contributed by atoms with van der Waals surface area (Å²) in [6.07, 6.45) is 1.93. The van der Waals surface area contributed by atoms with Gasteiger partial charge in [0.15, 0.2) is 0 Å². The molecule has 1 aliphatic heterocycles. The molecule has 1 amide bonds. The summed E-state index contributed by atoms with van der Waals surface area (Å²) in [7, 11) is 0. The number of nitrogens with one attached hydrogen (secondary N) is 2. The van der Waals surface area contributed by atoms with Crippen LogP contribution in [0.4, 0.5) is 0 Å². The summed E-state index contributed by atoms with van der Waals surface area (Å²) in [5.41, 5.74) is 7.30. The number of hydrogen-bond acceptors (Lipinski definition) is 3. The minimum absolute atomic E-state index is 0.0217. The number of amides is 1. The Morgan fingerprint density at radius 2 is 2.21 bits per heavy atom. The highest BCUT2D eigenvalue weighted by molar-refractivity contribution is 5.86. The Morgan fingerprint density at radius 1 is 1.42 bits per heavy atom. The molecular formula is C14H17N3O2. The van der Waals surface area contributed by atoms with Crippen molar-refractivity contribution in [3.05, 3.63) is 36.0 Å². The molecule has 1 saturated heterocycles. The van der Waals surface area contributed by atoms with Gasteiger partial charge in [-0.15, -0.1) is 0 Å². The molecule has 4 N–H and O–H groups in total. The van der Waals surface area contributed by atoms with E-state index in [4.69, 9.17) is 10.5 Å². The van der Waals surface area contributed by atoms with Gasteiger partial charge >= 0.3 is 0 Å². The number of fused-ring (bicyclic) bond motifs is 1. The van der Waals surface area contributed by atoms with Gasteiger partial charge in [0.1, 0.15) is 5.41 Å². The van der Waals surface area contributed by atoms with Crippen LogP contribution in [0.15, 0.2) is 30.5 Å². The fourth-order valence-corrected chi connectivity index (χ4v) is 2.33. The molecule has 1 aromatic heterocycles. The van der Waals surface area contributed by atoms with Crippen LogP contribution in [-0.2, 0) is 16.1 Å². The summed E-state index contributed by atoms with van der Waals surface area (Å²) in [4.78, 5) is 15.3. The first kappa shape index (κ1) is 12.2. The summed E-state index contributed by atoms with van der Waals surface area (Å²) in [5.74, 6) is -0.0217. The lowest BCUT2D eigenvalue weighted by atomic mass is 9.85. The molecule has 0 bridgehead atoms. The van der Waals surface area contributed by atoms with Gasteiger partial charge in [-0.05, 0) is 11.6 Å². The monoisotopic (exact) mass is 259 g/mol.